The fourth-order valence-electron chi connectivity index (χ4n) is 7.91. The highest BCUT2D eigenvalue weighted by Crippen LogP contribution is 2.41. The topological polar surface area (TPSA) is 142 Å². The smallest absolute Gasteiger partial charge is 0.416 e. The van der Waals surface area contributed by atoms with Gasteiger partial charge in [0.1, 0.15) is 17.6 Å². The van der Waals surface area contributed by atoms with Crippen LogP contribution in [-0.4, -0.2) is 100 Å². The Labute approximate surface area is 316 Å². The van der Waals surface area contributed by atoms with Crippen molar-refractivity contribution >= 4 is 69.2 Å². The molecule has 4 amide bonds. The number of nitrogens with one attached hydrogen (secondary N) is 2. The number of rotatable bonds is 6. The quantitative estimate of drug-likeness (QED) is 0.210. The Morgan fingerprint density at radius 1 is 0.815 bits per heavy atom. The van der Waals surface area contributed by atoms with Crippen LogP contribution in [0.25, 0.3) is 22.4 Å². The first-order chi connectivity index (χ1) is 25.7. The number of imide groups is 2. The van der Waals surface area contributed by atoms with Gasteiger partial charge in [-0.3, -0.25) is 34.3 Å². The summed E-state index contributed by atoms with van der Waals surface area (Å²) in [4.78, 5) is 65.2. The number of alkyl halides is 3. The standard InChI is InChI=1S/C37H34Cl2F3N7O5/c38-25-16-24(33-43-27-14-20(37(40,41)42)13-26(39)32(27)45-33)30(50)17-29(25)48-11-9-46(10-12-48)18-19-5-7-47(8-6-19)21-1-2-22-23(15-21)36(54)49(35(22)53)28-3-4-31(51)44-34(28)52/h1-2,13-17,19,28,50H,3-12,18H2,(H,43,45)(H,44,51,52). The largest absolute Gasteiger partial charge is 0.507 e. The Hall–Kier alpha value is -4.86. The first-order valence-corrected chi connectivity index (χ1v) is 18.4. The molecule has 0 radical (unpaired) electrons. The predicted octanol–water partition coefficient (Wildman–Crippen LogP) is 5.70. The minimum absolute atomic E-state index is 0.0173. The third-order valence-electron chi connectivity index (χ3n) is 10.8. The van der Waals surface area contributed by atoms with Gasteiger partial charge in [0.25, 0.3) is 11.8 Å². The molecule has 3 N–H and O–H groups in total. The molecule has 1 aromatic heterocycles. The number of nitrogens with zero attached hydrogens (tertiary/aromatic N) is 5. The Morgan fingerprint density at radius 3 is 2.24 bits per heavy atom. The lowest BCUT2D eigenvalue weighted by Crippen LogP contribution is -2.54. The monoisotopic (exact) mass is 783 g/mol. The molecule has 54 heavy (non-hydrogen) atoms. The van der Waals surface area contributed by atoms with Crippen molar-refractivity contribution in [2.45, 2.75) is 37.9 Å². The summed E-state index contributed by atoms with van der Waals surface area (Å²) in [6.45, 7) is 5.41. The van der Waals surface area contributed by atoms with Crippen molar-refractivity contribution in [2.24, 2.45) is 5.92 Å². The van der Waals surface area contributed by atoms with Gasteiger partial charge in [-0.15, -0.1) is 0 Å². The third-order valence-corrected chi connectivity index (χ3v) is 11.4. The maximum atomic E-state index is 13.3. The maximum Gasteiger partial charge on any atom is 0.416 e. The molecule has 1 unspecified atom stereocenters. The van der Waals surface area contributed by atoms with Crippen molar-refractivity contribution in [3.63, 3.8) is 0 Å². The van der Waals surface area contributed by atoms with Crippen molar-refractivity contribution in [3.05, 3.63) is 69.2 Å². The molecule has 3 saturated heterocycles. The number of aromatic amines is 1. The van der Waals surface area contributed by atoms with Crippen LogP contribution in [0.1, 0.15) is 52.0 Å². The number of piperazine rings is 1. The van der Waals surface area contributed by atoms with E-state index in [0.717, 1.165) is 68.3 Å². The van der Waals surface area contributed by atoms with Gasteiger partial charge in [0.15, 0.2) is 0 Å². The fraction of sp³-hybridized carbons (Fsp3) is 0.378. The fourth-order valence-corrected chi connectivity index (χ4v) is 8.46. The van der Waals surface area contributed by atoms with Crippen LogP contribution in [0.3, 0.4) is 0 Å². The Morgan fingerprint density at radius 2 is 1.54 bits per heavy atom. The summed E-state index contributed by atoms with van der Waals surface area (Å²) >= 11 is 12.8. The molecule has 3 aromatic carbocycles. The molecular formula is C37H34Cl2F3N7O5. The minimum Gasteiger partial charge on any atom is -0.507 e. The van der Waals surface area contributed by atoms with Gasteiger partial charge in [-0.1, -0.05) is 23.2 Å². The second-order valence-electron chi connectivity index (χ2n) is 14.2. The summed E-state index contributed by atoms with van der Waals surface area (Å²) in [6.07, 6.45) is -2.52. The number of fused-ring (bicyclic) bond motifs is 2. The van der Waals surface area contributed by atoms with Crippen molar-refractivity contribution in [3.8, 4) is 17.1 Å². The Kier molecular flexibility index (Phi) is 9.21. The molecule has 4 aromatic rings. The highest BCUT2D eigenvalue weighted by atomic mass is 35.5. The second kappa shape index (κ2) is 13.8. The number of phenols is 1. The van der Waals surface area contributed by atoms with E-state index in [1.54, 1.807) is 24.3 Å². The van der Waals surface area contributed by atoms with E-state index in [-0.39, 0.29) is 57.2 Å². The summed E-state index contributed by atoms with van der Waals surface area (Å²) in [5.41, 5.74) is 1.58. The summed E-state index contributed by atoms with van der Waals surface area (Å²) in [5.74, 6) is -1.61. The predicted molar refractivity (Wildman–Crippen MR) is 195 cm³/mol. The summed E-state index contributed by atoms with van der Waals surface area (Å²) < 4.78 is 39.9. The highest BCUT2D eigenvalue weighted by Gasteiger charge is 2.45. The van der Waals surface area contributed by atoms with Crippen LogP contribution in [0.15, 0.2) is 42.5 Å². The van der Waals surface area contributed by atoms with E-state index in [2.05, 4.69) is 30.0 Å². The second-order valence-corrected chi connectivity index (χ2v) is 15.0. The molecule has 0 bridgehead atoms. The number of phenolic OH excluding ortho intramolecular Hbond substituents is 1. The number of halogens is 5. The number of carbonyl (C=O) groups excluding carboxylic acids is 4. The van der Waals surface area contributed by atoms with E-state index in [9.17, 15) is 37.5 Å². The molecule has 3 fully saturated rings. The zero-order valence-corrected chi connectivity index (χ0v) is 30.2. The van der Waals surface area contributed by atoms with E-state index >= 15 is 0 Å². The molecule has 0 saturated carbocycles. The number of aromatic hydroxyl groups is 1. The Balaban J connectivity index is 0.857. The molecule has 0 aliphatic carbocycles. The number of H-pyrrole nitrogens is 1. The van der Waals surface area contributed by atoms with E-state index in [1.807, 2.05) is 6.07 Å². The molecule has 282 valence electrons. The van der Waals surface area contributed by atoms with Crippen LogP contribution in [0.2, 0.25) is 10.0 Å². The Bertz CT molecular complexity index is 2210. The van der Waals surface area contributed by atoms with Crippen LogP contribution in [0, 0.1) is 5.92 Å². The number of hydrogen-bond acceptors (Lipinski definition) is 9. The van der Waals surface area contributed by atoms with Gasteiger partial charge in [-0.25, -0.2) is 4.98 Å². The van der Waals surface area contributed by atoms with E-state index in [0.29, 0.717) is 29.7 Å². The van der Waals surface area contributed by atoms with E-state index in [4.69, 9.17) is 23.2 Å². The van der Waals surface area contributed by atoms with Crippen molar-refractivity contribution < 1.29 is 37.5 Å². The van der Waals surface area contributed by atoms with Gasteiger partial charge in [-0.05, 0) is 61.6 Å². The summed E-state index contributed by atoms with van der Waals surface area (Å²) in [5, 5.41) is 13.4. The number of anilines is 2. The highest BCUT2D eigenvalue weighted by molar-refractivity contribution is 6.35. The zero-order valence-electron chi connectivity index (χ0n) is 28.7. The van der Waals surface area contributed by atoms with Crippen LogP contribution < -0.4 is 15.1 Å². The number of amides is 4. The molecule has 1 atom stereocenters. The molecule has 4 aliphatic heterocycles. The normalized spacial score (nSPS) is 20.3. The van der Waals surface area contributed by atoms with Crippen LogP contribution in [0.4, 0.5) is 24.5 Å². The van der Waals surface area contributed by atoms with Crippen molar-refractivity contribution in [1.29, 1.82) is 0 Å². The lowest BCUT2D eigenvalue weighted by atomic mass is 9.95. The average molecular weight is 785 g/mol. The van der Waals surface area contributed by atoms with E-state index in [1.165, 1.54) is 0 Å². The lowest BCUT2D eigenvalue weighted by Gasteiger charge is -2.40. The first kappa shape index (κ1) is 36.1. The van der Waals surface area contributed by atoms with Gasteiger partial charge in [0.05, 0.1) is 49.0 Å². The number of benzene rings is 3. The number of carbonyl (C=O) groups is 4. The van der Waals surface area contributed by atoms with Gasteiger partial charge < -0.3 is 19.9 Å². The molecule has 5 heterocycles. The van der Waals surface area contributed by atoms with Gasteiger partial charge in [0.2, 0.25) is 11.8 Å². The third kappa shape index (κ3) is 6.62. The zero-order chi connectivity index (χ0) is 38.1. The number of hydrogen-bond donors (Lipinski definition) is 3. The van der Waals surface area contributed by atoms with Gasteiger partial charge in [0, 0.05) is 64.0 Å². The molecule has 8 rings (SSSR count). The summed E-state index contributed by atoms with van der Waals surface area (Å²) in [6, 6.07) is 9.05. The van der Waals surface area contributed by atoms with Crippen molar-refractivity contribution in [1.82, 2.24) is 25.1 Å². The molecule has 17 heteroatoms. The summed E-state index contributed by atoms with van der Waals surface area (Å²) in [7, 11) is 0. The average Bonchev–Trinajstić information content (AvgIpc) is 3.68. The SMILES string of the molecule is O=C1CCC(N2C(=O)c3ccc(N4CCC(CN5CCN(c6cc(O)c(-c7nc8cc(C(F)(F)F)cc(Cl)c8[nH]7)cc6Cl)CC5)CC4)cc3C2=O)C(=O)N1. The van der Waals surface area contributed by atoms with Crippen molar-refractivity contribution in [2.75, 3.05) is 55.6 Å². The van der Waals surface area contributed by atoms with Gasteiger partial charge >= 0.3 is 6.18 Å². The number of aromatic nitrogens is 2. The van der Waals surface area contributed by atoms with Crippen LogP contribution >= 0.6 is 23.2 Å². The number of imidazole rings is 1. The van der Waals surface area contributed by atoms with Crippen LogP contribution in [-0.2, 0) is 15.8 Å². The molecular weight excluding hydrogens is 750 g/mol. The van der Waals surface area contributed by atoms with Crippen LogP contribution in [0.5, 0.6) is 5.75 Å². The lowest BCUT2D eigenvalue weighted by molar-refractivity contribution is -0.138. The number of piperidine rings is 2. The first-order valence-electron chi connectivity index (χ1n) is 17.6. The minimum atomic E-state index is -4.59. The maximum absolute atomic E-state index is 13.3. The van der Waals surface area contributed by atoms with E-state index < -0.39 is 41.4 Å². The molecule has 4 aliphatic rings. The molecule has 12 nitrogen and oxygen atoms in total. The van der Waals surface area contributed by atoms with Gasteiger partial charge in [-0.2, -0.15) is 13.2 Å². The molecule has 0 spiro atoms.